The Morgan fingerprint density at radius 1 is 0.975 bits per heavy atom. The van der Waals surface area contributed by atoms with Crippen molar-refractivity contribution in [1.29, 1.82) is 0 Å². The van der Waals surface area contributed by atoms with Crippen molar-refractivity contribution >= 4 is 49.8 Å². The summed E-state index contributed by atoms with van der Waals surface area (Å²) in [5.74, 6) is -0.405. The molecule has 9 nitrogen and oxygen atoms in total. The van der Waals surface area contributed by atoms with Crippen LogP contribution in [-0.2, 0) is 4.74 Å². The number of aromatic nitrogens is 3. The number of nitrogens with zero attached hydrogens (tertiary/aromatic N) is 5. The van der Waals surface area contributed by atoms with Gasteiger partial charge < -0.3 is 15.6 Å². The molecule has 198 valence electrons. The molecule has 0 spiro atoms. The molecule has 0 aliphatic carbocycles. The molecule has 0 atom stereocenters. The minimum Gasteiger partial charge on any atom is -0.857 e. The number of rotatable bonds is 5. The van der Waals surface area contributed by atoms with Gasteiger partial charge in [0.15, 0.2) is 0 Å². The molecule has 0 radical (unpaired) electrons. The van der Waals surface area contributed by atoms with Crippen LogP contribution in [0.3, 0.4) is 0 Å². The van der Waals surface area contributed by atoms with Gasteiger partial charge in [0.25, 0.3) is 6.20 Å². The average molecular weight is 549 g/mol. The minimum atomic E-state index is -0.503. The largest absolute Gasteiger partial charge is 0.857 e. The Labute approximate surface area is 233 Å². The molecule has 3 aromatic heterocycles. The van der Waals surface area contributed by atoms with Crippen molar-refractivity contribution in [1.82, 2.24) is 10.3 Å². The summed E-state index contributed by atoms with van der Waals surface area (Å²) in [6, 6.07) is 26.5. The molecule has 10 heteroatoms. The molecule has 6 aromatic rings. The zero-order valence-electron chi connectivity index (χ0n) is 21.4. The zero-order valence-corrected chi connectivity index (χ0v) is 22.2. The Morgan fingerprint density at radius 2 is 1.75 bits per heavy atom. The van der Waals surface area contributed by atoms with E-state index in [4.69, 9.17) is 20.0 Å². The quantitative estimate of drug-likeness (QED) is 0.196. The number of ether oxygens (including phenoxy) is 1. The second-order valence-corrected chi connectivity index (χ2v) is 10.4. The molecule has 0 unspecified atom stereocenters. The van der Waals surface area contributed by atoms with Gasteiger partial charge in [0.05, 0.1) is 47.4 Å². The summed E-state index contributed by atoms with van der Waals surface area (Å²) in [5.41, 5.74) is 10.7. The summed E-state index contributed by atoms with van der Waals surface area (Å²) in [4.78, 5) is 11.7. The Kier molecular flexibility index (Phi) is 6.10. The average Bonchev–Trinajstić information content (AvgIpc) is 3.61. The molecule has 4 heterocycles. The van der Waals surface area contributed by atoms with Crippen LogP contribution < -0.4 is 20.6 Å². The topological polar surface area (TPSA) is 117 Å². The first kappa shape index (κ1) is 24.3. The lowest BCUT2D eigenvalue weighted by Crippen LogP contribution is -2.62. The van der Waals surface area contributed by atoms with Crippen LogP contribution in [0.5, 0.6) is 0 Å². The number of hydrogen-bond donors (Lipinski definition) is 1. The lowest BCUT2D eigenvalue weighted by atomic mass is 9.97. The summed E-state index contributed by atoms with van der Waals surface area (Å²) in [5, 5.41) is 22.3. The van der Waals surface area contributed by atoms with E-state index in [9.17, 15) is 5.11 Å². The maximum absolute atomic E-state index is 13.4. The van der Waals surface area contributed by atoms with Crippen LogP contribution in [0.25, 0.3) is 43.4 Å². The molecular weight excluding hydrogens is 524 g/mol. The first-order valence-electron chi connectivity index (χ1n) is 12.9. The van der Waals surface area contributed by atoms with Gasteiger partial charge in [-0.2, -0.15) is 0 Å². The van der Waals surface area contributed by atoms with Crippen molar-refractivity contribution in [2.24, 2.45) is 4.99 Å². The van der Waals surface area contributed by atoms with Crippen molar-refractivity contribution in [3.8, 4) is 22.4 Å². The van der Waals surface area contributed by atoms with Crippen molar-refractivity contribution in [2.75, 3.05) is 37.0 Å². The number of nitrogen functional groups attached to an aromatic ring is 1. The third-order valence-electron chi connectivity index (χ3n) is 6.98. The van der Waals surface area contributed by atoms with Gasteiger partial charge in [-0.05, 0) is 28.0 Å². The zero-order chi connectivity index (χ0) is 27.1. The number of nitrogens with two attached hydrogens (primary N) is 1. The van der Waals surface area contributed by atoms with E-state index in [0.717, 1.165) is 38.5 Å². The molecule has 1 aliphatic rings. The Morgan fingerprint density at radius 3 is 2.60 bits per heavy atom. The number of hydrogen-bond acceptors (Lipinski definition) is 9. The molecular formula is C30H24N6O3S. The first-order valence-corrected chi connectivity index (χ1v) is 13.7. The number of thiophene rings is 1. The van der Waals surface area contributed by atoms with E-state index in [-0.39, 0.29) is 5.88 Å². The van der Waals surface area contributed by atoms with Crippen molar-refractivity contribution in [3.63, 3.8) is 0 Å². The highest BCUT2D eigenvalue weighted by molar-refractivity contribution is 7.21. The van der Waals surface area contributed by atoms with E-state index in [1.807, 2.05) is 53.5 Å². The number of fused-ring (bicyclic) bond motifs is 2. The molecule has 7 rings (SSSR count). The number of anilines is 1. The van der Waals surface area contributed by atoms with Gasteiger partial charge in [-0.25, -0.2) is 9.98 Å². The lowest BCUT2D eigenvalue weighted by molar-refractivity contribution is -0.759. The number of morpholine rings is 1. The molecule has 2 N–H and O–H groups in total. The third kappa shape index (κ3) is 4.33. The second-order valence-electron chi connectivity index (χ2n) is 9.42. The number of benzene rings is 3. The smallest absolute Gasteiger partial charge is 0.324 e. The standard InChI is InChI=1S/C30H24N6O3S/c31-27-26-23(20-7-2-1-3-8-20)17-24(22-12-6-10-19-9-4-5-11-21(19)22)32-30(26)40-28(27)29(37)33-25-18-36(34-39-25)35-13-15-38-16-14-35/h1-12,17-18H,13-16H2,(H2-,31,33,34,37). The molecule has 0 bridgehead atoms. The van der Waals surface area contributed by atoms with Crippen LogP contribution >= 0.6 is 11.3 Å². The van der Waals surface area contributed by atoms with Gasteiger partial charge >= 0.3 is 5.88 Å². The molecule has 0 amide bonds. The maximum atomic E-state index is 13.4. The van der Waals surface area contributed by atoms with Gasteiger partial charge in [-0.1, -0.05) is 72.8 Å². The predicted octanol–water partition coefficient (Wildman–Crippen LogP) is 4.05. The van der Waals surface area contributed by atoms with E-state index >= 15 is 0 Å². The monoisotopic (exact) mass is 548 g/mol. The molecule has 0 saturated carbocycles. The van der Waals surface area contributed by atoms with Gasteiger partial charge in [-0.3, -0.25) is 4.52 Å². The summed E-state index contributed by atoms with van der Waals surface area (Å²) < 4.78 is 10.7. The summed E-state index contributed by atoms with van der Waals surface area (Å²) in [7, 11) is 0. The molecule has 1 aliphatic heterocycles. The van der Waals surface area contributed by atoms with Crippen LogP contribution in [0, 0.1) is 0 Å². The van der Waals surface area contributed by atoms with Crippen molar-refractivity contribution in [3.05, 3.63) is 89.9 Å². The molecule has 3 aromatic carbocycles. The number of aliphatic imine (C=N–C) groups is 1. The summed E-state index contributed by atoms with van der Waals surface area (Å²) >= 11 is 1.23. The summed E-state index contributed by atoms with van der Waals surface area (Å²) in [6.45, 7) is 2.53. The van der Waals surface area contributed by atoms with Gasteiger partial charge in [0, 0.05) is 16.8 Å². The van der Waals surface area contributed by atoms with Crippen LogP contribution in [0.1, 0.15) is 4.88 Å². The second kappa shape index (κ2) is 10.1. The van der Waals surface area contributed by atoms with Crippen LogP contribution in [0.4, 0.5) is 11.6 Å². The fourth-order valence-electron chi connectivity index (χ4n) is 5.03. The SMILES string of the molecule is Nc1c(/C([O-])=N/c2c[n+](N3CCOCC3)no2)sc2nc(-c3cccc4ccccc34)cc(-c3ccccc3)c12. The van der Waals surface area contributed by atoms with Crippen molar-refractivity contribution < 1.29 is 19.2 Å². The fraction of sp³-hybridized carbons (Fsp3) is 0.133. The Balaban J connectivity index is 1.36. The highest BCUT2D eigenvalue weighted by atomic mass is 32.1. The van der Waals surface area contributed by atoms with Gasteiger partial charge in [-0.15, -0.1) is 16.3 Å². The molecule has 1 fully saturated rings. The predicted molar refractivity (Wildman–Crippen MR) is 154 cm³/mol. The van der Waals surface area contributed by atoms with E-state index in [1.54, 1.807) is 11.0 Å². The van der Waals surface area contributed by atoms with Crippen LogP contribution in [0.2, 0.25) is 0 Å². The van der Waals surface area contributed by atoms with Crippen molar-refractivity contribution in [2.45, 2.75) is 0 Å². The maximum Gasteiger partial charge on any atom is 0.324 e. The van der Waals surface area contributed by atoms with Gasteiger partial charge in [0.2, 0.25) is 5.27 Å². The van der Waals surface area contributed by atoms with E-state index < -0.39 is 5.90 Å². The minimum absolute atomic E-state index is 0.0982. The molecule has 1 saturated heterocycles. The lowest BCUT2D eigenvalue weighted by Gasteiger charge is -2.18. The van der Waals surface area contributed by atoms with E-state index in [0.29, 0.717) is 41.7 Å². The van der Waals surface area contributed by atoms with E-state index in [2.05, 4.69) is 40.6 Å². The Bertz CT molecular complexity index is 1870. The van der Waals surface area contributed by atoms with E-state index in [1.165, 1.54) is 11.3 Å². The highest BCUT2D eigenvalue weighted by Crippen LogP contribution is 2.42. The fourth-order valence-corrected chi connectivity index (χ4v) is 6.04. The normalized spacial score (nSPS) is 14.3. The third-order valence-corrected chi connectivity index (χ3v) is 8.06. The van der Waals surface area contributed by atoms with Crippen LogP contribution in [0.15, 0.2) is 94.6 Å². The molecule has 40 heavy (non-hydrogen) atoms. The number of pyridine rings is 1. The highest BCUT2D eigenvalue weighted by Gasteiger charge is 2.23. The Hall–Kier alpha value is -4.80. The first-order chi connectivity index (χ1) is 19.7. The summed E-state index contributed by atoms with van der Waals surface area (Å²) in [6.07, 6.45) is 1.58. The van der Waals surface area contributed by atoms with Gasteiger partial charge in [0.1, 0.15) is 4.83 Å². The van der Waals surface area contributed by atoms with Crippen LogP contribution in [-0.4, -0.2) is 42.5 Å².